The molecule has 0 fully saturated rings. The number of unbranched alkanes of at least 4 members (excludes halogenated alkanes) is 3. The largest absolute Gasteiger partial charge is 0.481 e. The van der Waals surface area contributed by atoms with Crippen LogP contribution in [0.4, 0.5) is 0 Å². The van der Waals surface area contributed by atoms with Crippen LogP contribution >= 0.6 is 0 Å². The van der Waals surface area contributed by atoms with E-state index in [2.05, 4.69) is 19.1 Å². The lowest BCUT2D eigenvalue weighted by Crippen LogP contribution is -2.44. The van der Waals surface area contributed by atoms with Crippen molar-refractivity contribution >= 4 is 11.9 Å². The Bertz CT molecular complexity index is 415. The molecule has 0 radical (unpaired) electrons. The lowest BCUT2D eigenvalue weighted by molar-refractivity contribution is -0.873. The lowest BCUT2D eigenvalue weighted by Gasteiger charge is -2.28. The Morgan fingerprint density at radius 1 is 1.08 bits per heavy atom. The summed E-state index contributed by atoms with van der Waals surface area (Å²) in [4.78, 5) is 22.9. The van der Waals surface area contributed by atoms with Crippen molar-refractivity contribution < 1.29 is 29.0 Å². The van der Waals surface area contributed by atoms with Gasteiger partial charge in [-0.05, 0) is 25.7 Å². The molecule has 0 aliphatic carbocycles. The number of esters is 1. The molecule has 0 saturated heterocycles. The van der Waals surface area contributed by atoms with Gasteiger partial charge in [0.15, 0.2) is 6.10 Å². The van der Waals surface area contributed by atoms with Crippen LogP contribution in [0.2, 0.25) is 0 Å². The standard InChI is InChI=1S/C19H35NO5/c1-5-6-7-8-9-10-11-12-16(21)13-19(24)25-17(14-18(22)23)15-20(2,3)4/h7-8,16-17,21H,5-6,9-15H2,1-4H3/p+1/b8-7+. The zero-order valence-corrected chi connectivity index (χ0v) is 16.2. The van der Waals surface area contributed by atoms with Crippen molar-refractivity contribution in [3.05, 3.63) is 12.2 Å². The highest BCUT2D eigenvalue weighted by molar-refractivity contribution is 5.71. The minimum Gasteiger partial charge on any atom is -0.481 e. The topological polar surface area (TPSA) is 83.8 Å². The highest BCUT2D eigenvalue weighted by Crippen LogP contribution is 2.11. The van der Waals surface area contributed by atoms with Crippen molar-refractivity contribution in [1.29, 1.82) is 0 Å². The molecule has 0 aromatic carbocycles. The van der Waals surface area contributed by atoms with Gasteiger partial charge in [0.2, 0.25) is 0 Å². The third-order valence-corrected chi connectivity index (χ3v) is 3.63. The number of ether oxygens (including phenoxy) is 1. The summed E-state index contributed by atoms with van der Waals surface area (Å²) in [6.07, 6.45) is 8.22. The molecule has 0 heterocycles. The Hall–Kier alpha value is -1.40. The second-order valence-corrected chi connectivity index (χ2v) is 7.59. The van der Waals surface area contributed by atoms with E-state index in [-0.39, 0.29) is 12.8 Å². The molecule has 25 heavy (non-hydrogen) atoms. The molecule has 2 N–H and O–H groups in total. The second-order valence-electron chi connectivity index (χ2n) is 7.59. The van der Waals surface area contributed by atoms with Gasteiger partial charge in [0.05, 0.1) is 40.1 Å². The predicted molar refractivity (Wildman–Crippen MR) is 98.2 cm³/mol. The van der Waals surface area contributed by atoms with E-state index in [0.717, 1.165) is 32.1 Å². The van der Waals surface area contributed by atoms with Crippen LogP contribution in [0.5, 0.6) is 0 Å². The van der Waals surface area contributed by atoms with Gasteiger partial charge >= 0.3 is 11.9 Å². The van der Waals surface area contributed by atoms with Crippen molar-refractivity contribution in [3.63, 3.8) is 0 Å². The fourth-order valence-electron chi connectivity index (χ4n) is 2.52. The number of allylic oxidation sites excluding steroid dienone is 2. The van der Waals surface area contributed by atoms with Gasteiger partial charge in [0.1, 0.15) is 6.54 Å². The number of aliphatic hydroxyl groups is 1. The first-order chi connectivity index (χ1) is 11.6. The van der Waals surface area contributed by atoms with Crippen molar-refractivity contribution in [3.8, 4) is 0 Å². The molecule has 0 spiro atoms. The Kier molecular flexibility index (Phi) is 12.2. The predicted octanol–water partition coefficient (Wildman–Crippen LogP) is 2.75. The molecule has 0 rings (SSSR count). The van der Waals surface area contributed by atoms with Crippen molar-refractivity contribution in [2.24, 2.45) is 0 Å². The smallest absolute Gasteiger partial charge is 0.308 e. The third-order valence-electron chi connectivity index (χ3n) is 3.63. The van der Waals surface area contributed by atoms with E-state index in [1.54, 1.807) is 0 Å². The van der Waals surface area contributed by atoms with E-state index in [1.165, 1.54) is 0 Å². The normalized spacial score (nSPS) is 14.4. The van der Waals surface area contributed by atoms with Gasteiger partial charge < -0.3 is 19.4 Å². The number of aliphatic carboxylic acids is 1. The lowest BCUT2D eigenvalue weighted by atomic mass is 10.1. The molecule has 0 amide bonds. The molecular formula is C19H36NO5+. The molecule has 146 valence electrons. The summed E-state index contributed by atoms with van der Waals surface area (Å²) in [6, 6.07) is 0. The van der Waals surface area contributed by atoms with Crippen LogP contribution in [-0.2, 0) is 14.3 Å². The summed E-state index contributed by atoms with van der Waals surface area (Å²) in [5.41, 5.74) is 0. The minimum atomic E-state index is -0.997. The minimum absolute atomic E-state index is 0.0844. The Balaban J connectivity index is 4.12. The number of rotatable bonds is 14. The molecule has 0 aromatic rings. The molecule has 0 aliphatic heterocycles. The molecule has 6 heteroatoms. The molecule has 0 bridgehead atoms. The quantitative estimate of drug-likeness (QED) is 0.216. The summed E-state index contributed by atoms with van der Waals surface area (Å²) >= 11 is 0. The maximum Gasteiger partial charge on any atom is 0.308 e. The van der Waals surface area contributed by atoms with Crippen LogP contribution in [-0.4, -0.2) is 66.5 Å². The van der Waals surface area contributed by atoms with Gasteiger partial charge in [0, 0.05) is 0 Å². The number of quaternary nitrogens is 1. The fourth-order valence-corrected chi connectivity index (χ4v) is 2.52. The first kappa shape index (κ1) is 23.6. The van der Waals surface area contributed by atoms with Gasteiger partial charge in [-0.25, -0.2) is 0 Å². The summed E-state index contributed by atoms with van der Waals surface area (Å²) in [6.45, 7) is 2.56. The number of likely N-dealkylation sites (N-methyl/N-ethyl adjacent to an activating group) is 1. The van der Waals surface area contributed by atoms with E-state index in [4.69, 9.17) is 9.84 Å². The Morgan fingerprint density at radius 2 is 1.72 bits per heavy atom. The van der Waals surface area contributed by atoms with Crippen LogP contribution in [0, 0.1) is 0 Å². The number of nitrogens with zero attached hydrogens (tertiary/aromatic N) is 1. The van der Waals surface area contributed by atoms with Gasteiger partial charge in [0.25, 0.3) is 0 Å². The Labute approximate surface area is 152 Å². The van der Waals surface area contributed by atoms with E-state index in [9.17, 15) is 14.7 Å². The number of hydrogen-bond donors (Lipinski definition) is 2. The van der Waals surface area contributed by atoms with Crippen molar-refractivity contribution in [2.45, 2.75) is 70.5 Å². The van der Waals surface area contributed by atoms with Crippen LogP contribution in [0.3, 0.4) is 0 Å². The molecule has 2 atom stereocenters. The van der Waals surface area contributed by atoms with Crippen LogP contribution in [0.15, 0.2) is 12.2 Å². The highest BCUT2D eigenvalue weighted by Gasteiger charge is 2.25. The molecule has 0 aromatic heterocycles. The number of carbonyl (C=O) groups excluding carboxylic acids is 1. The first-order valence-electron chi connectivity index (χ1n) is 9.18. The Morgan fingerprint density at radius 3 is 2.28 bits per heavy atom. The van der Waals surface area contributed by atoms with Gasteiger partial charge in [-0.15, -0.1) is 0 Å². The summed E-state index contributed by atoms with van der Waals surface area (Å²) in [5.74, 6) is -1.53. The van der Waals surface area contributed by atoms with Crippen LogP contribution in [0.25, 0.3) is 0 Å². The average molecular weight is 358 g/mol. The monoisotopic (exact) mass is 358 g/mol. The van der Waals surface area contributed by atoms with E-state index in [1.807, 2.05) is 21.1 Å². The maximum atomic E-state index is 11.9. The molecule has 0 aliphatic rings. The zero-order valence-electron chi connectivity index (χ0n) is 16.2. The molecular weight excluding hydrogens is 322 g/mol. The number of hydrogen-bond acceptors (Lipinski definition) is 4. The molecule has 0 saturated carbocycles. The van der Waals surface area contributed by atoms with E-state index >= 15 is 0 Å². The van der Waals surface area contributed by atoms with Crippen molar-refractivity contribution in [2.75, 3.05) is 27.7 Å². The maximum absolute atomic E-state index is 11.9. The summed E-state index contributed by atoms with van der Waals surface area (Å²) in [7, 11) is 5.73. The number of aliphatic hydroxyl groups excluding tert-OH is 1. The summed E-state index contributed by atoms with van der Waals surface area (Å²) < 4.78 is 5.77. The van der Waals surface area contributed by atoms with Gasteiger partial charge in [-0.2, -0.15) is 0 Å². The van der Waals surface area contributed by atoms with Gasteiger partial charge in [-0.1, -0.05) is 31.9 Å². The number of carboxylic acid groups (broad SMARTS) is 1. The average Bonchev–Trinajstić information content (AvgIpc) is 2.43. The molecule has 2 unspecified atom stereocenters. The number of carbonyl (C=O) groups is 2. The SMILES string of the molecule is CCC/C=C/CCCCC(O)CC(=O)OC(CC(=O)O)C[N+](C)(C)C. The highest BCUT2D eigenvalue weighted by atomic mass is 16.5. The molecule has 6 nitrogen and oxygen atoms in total. The first-order valence-corrected chi connectivity index (χ1v) is 9.18. The van der Waals surface area contributed by atoms with E-state index < -0.39 is 24.1 Å². The third kappa shape index (κ3) is 15.8. The summed E-state index contributed by atoms with van der Waals surface area (Å²) in [5, 5.41) is 18.9. The second kappa shape index (κ2) is 12.9. The van der Waals surface area contributed by atoms with E-state index in [0.29, 0.717) is 17.4 Å². The fraction of sp³-hybridized carbons (Fsp3) is 0.789. The van der Waals surface area contributed by atoms with Crippen molar-refractivity contribution in [1.82, 2.24) is 0 Å². The zero-order chi connectivity index (χ0) is 19.3. The van der Waals surface area contributed by atoms with Gasteiger partial charge in [-0.3, -0.25) is 9.59 Å². The number of carboxylic acids is 1. The van der Waals surface area contributed by atoms with Crippen LogP contribution < -0.4 is 0 Å². The van der Waals surface area contributed by atoms with Crippen LogP contribution in [0.1, 0.15) is 58.3 Å².